The summed E-state index contributed by atoms with van der Waals surface area (Å²) in [7, 11) is 0. The van der Waals surface area contributed by atoms with Gasteiger partial charge in [-0.1, -0.05) is 11.6 Å². The first-order valence-corrected chi connectivity index (χ1v) is 4.86. The van der Waals surface area contributed by atoms with Crippen LogP contribution in [0.3, 0.4) is 0 Å². The summed E-state index contributed by atoms with van der Waals surface area (Å²) < 4.78 is 0. The molecule has 3 N–H and O–H groups in total. The lowest BCUT2D eigenvalue weighted by atomic mass is 10.2. The van der Waals surface area contributed by atoms with Gasteiger partial charge in [-0.05, 0) is 30.7 Å². The maximum atomic E-state index is 11.5. The second kappa shape index (κ2) is 3.59. The number of hydrogen-bond donors (Lipinski definition) is 2. The summed E-state index contributed by atoms with van der Waals surface area (Å²) in [5.74, 6) is -0.0837. The maximum absolute atomic E-state index is 11.5. The van der Waals surface area contributed by atoms with Crippen LogP contribution in [-0.2, 0) is 0 Å². The Morgan fingerprint density at radius 3 is 2.50 bits per heavy atom. The number of nitrogens with two attached hydrogens (primary N) is 1. The third kappa shape index (κ3) is 2.05. The van der Waals surface area contributed by atoms with Gasteiger partial charge in [0.2, 0.25) is 0 Å². The summed E-state index contributed by atoms with van der Waals surface area (Å²) in [6, 6.07) is 7.08. The van der Waals surface area contributed by atoms with Crippen molar-refractivity contribution in [2.75, 3.05) is 0 Å². The van der Waals surface area contributed by atoms with Crippen LogP contribution in [-0.4, -0.2) is 18.0 Å². The van der Waals surface area contributed by atoms with Crippen molar-refractivity contribution in [1.29, 1.82) is 0 Å². The predicted octanol–water partition coefficient (Wildman–Crippen LogP) is 1.17. The number of hydrogen-bond acceptors (Lipinski definition) is 2. The highest BCUT2D eigenvalue weighted by Crippen LogP contribution is 2.18. The highest BCUT2D eigenvalue weighted by atomic mass is 35.5. The smallest absolute Gasteiger partial charge is 0.251 e. The molecule has 1 aliphatic carbocycles. The fraction of sp³-hybridized carbons (Fsp3) is 0.300. The van der Waals surface area contributed by atoms with E-state index in [1.165, 1.54) is 0 Å². The topological polar surface area (TPSA) is 55.1 Å². The number of halogens is 1. The summed E-state index contributed by atoms with van der Waals surface area (Å²) in [6.07, 6.45) is 0.874. The highest BCUT2D eigenvalue weighted by molar-refractivity contribution is 6.30. The molecule has 2 atom stereocenters. The lowest BCUT2D eigenvalue weighted by Gasteiger charge is -2.03. The minimum absolute atomic E-state index is 0.0837. The normalized spacial score (nSPS) is 24.4. The van der Waals surface area contributed by atoms with E-state index in [2.05, 4.69) is 5.32 Å². The van der Waals surface area contributed by atoms with Crippen LogP contribution in [0.4, 0.5) is 0 Å². The van der Waals surface area contributed by atoms with Crippen molar-refractivity contribution < 1.29 is 4.79 Å². The van der Waals surface area contributed by atoms with Gasteiger partial charge in [0, 0.05) is 22.7 Å². The van der Waals surface area contributed by atoms with E-state index in [1.807, 2.05) is 0 Å². The molecular weight excluding hydrogens is 200 g/mol. The summed E-state index contributed by atoms with van der Waals surface area (Å²) >= 11 is 5.71. The van der Waals surface area contributed by atoms with E-state index in [0.29, 0.717) is 10.6 Å². The van der Waals surface area contributed by atoms with E-state index >= 15 is 0 Å². The molecule has 1 fully saturated rings. The van der Waals surface area contributed by atoms with E-state index in [4.69, 9.17) is 17.3 Å². The second-order valence-corrected chi connectivity index (χ2v) is 3.92. The van der Waals surface area contributed by atoms with E-state index in [9.17, 15) is 4.79 Å². The molecule has 74 valence electrons. The molecule has 4 heteroatoms. The van der Waals surface area contributed by atoms with Crippen molar-refractivity contribution in [3.05, 3.63) is 34.9 Å². The van der Waals surface area contributed by atoms with E-state index in [1.54, 1.807) is 24.3 Å². The molecule has 0 radical (unpaired) electrons. The van der Waals surface area contributed by atoms with E-state index < -0.39 is 0 Å². The van der Waals surface area contributed by atoms with Crippen molar-refractivity contribution in [1.82, 2.24) is 5.32 Å². The summed E-state index contributed by atoms with van der Waals surface area (Å²) in [5, 5.41) is 3.46. The zero-order valence-corrected chi connectivity index (χ0v) is 8.29. The fourth-order valence-electron chi connectivity index (χ4n) is 1.23. The van der Waals surface area contributed by atoms with E-state index in [-0.39, 0.29) is 18.0 Å². The van der Waals surface area contributed by atoms with Gasteiger partial charge in [-0.3, -0.25) is 4.79 Å². The van der Waals surface area contributed by atoms with Gasteiger partial charge >= 0.3 is 0 Å². The molecule has 0 saturated heterocycles. The number of carbonyl (C=O) groups is 1. The van der Waals surface area contributed by atoms with Gasteiger partial charge in [0.25, 0.3) is 5.91 Å². The van der Waals surface area contributed by atoms with Crippen LogP contribution < -0.4 is 11.1 Å². The Bertz CT molecular complexity index is 350. The Balaban J connectivity index is 2.00. The molecule has 0 heterocycles. The van der Waals surface area contributed by atoms with Crippen LogP contribution in [0.5, 0.6) is 0 Å². The molecule has 1 saturated carbocycles. The highest BCUT2D eigenvalue weighted by Gasteiger charge is 2.34. The molecule has 3 nitrogen and oxygen atoms in total. The van der Waals surface area contributed by atoms with Gasteiger partial charge in [0.1, 0.15) is 0 Å². The summed E-state index contributed by atoms with van der Waals surface area (Å²) in [5.41, 5.74) is 6.20. The second-order valence-electron chi connectivity index (χ2n) is 3.49. The largest absolute Gasteiger partial charge is 0.348 e. The quantitative estimate of drug-likeness (QED) is 0.770. The number of carbonyl (C=O) groups excluding carboxylic acids is 1. The van der Waals surface area contributed by atoms with Crippen LogP contribution in [0.2, 0.25) is 5.02 Å². The van der Waals surface area contributed by atoms with Crippen molar-refractivity contribution in [2.45, 2.75) is 18.5 Å². The van der Waals surface area contributed by atoms with E-state index in [0.717, 1.165) is 6.42 Å². The monoisotopic (exact) mass is 210 g/mol. The first-order valence-electron chi connectivity index (χ1n) is 4.49. The molecule has 14 heavy (non-hydrogen) atoms. The molecule has 0 bridgehead atoms. The minimum Gasteiger partial charge on any atom is -0.348 e. The molecular formula is C10H11ClN2O. The molecule has 0 aromatic heterocycles. The molecule has 1 amide bonds. The fourth-order valence-corrected chi connectivity index (χ4v) is 1.36. The lowest BCUT2D eigenvalue weighted by Crippen LogP contribution is -2.29. The summed E-state index contributed by atoms with van der Waals surface area (Å²) in [6.45, 7) is 0. The number of benzene rings is 1. The maximum Gasteiger partial charge on any atom is 0.251 e. The Morgan fingerprint density at radius 2 is 2.00 bits per heavy atom. The third-order valence-electron chi connectivity index (χ3n) is 2.26. The Hall–Kier alpha value is -1.06. The molecule has 0 aliphatic heterocycles. The molecule has 1 aliphatic rings. The molecule has 1 aromatic carbocycles. The van der Waals surface area contributed by atoms with Crippen LogP contribution in [0, 0.1) is 0 Å². The Morgan fingerprint density at radius 1 is 1.43 bits per heavy atom. The van der Waals surface area contributed by atoms with Gasteiger partial charge in [-0.15, -0.1) is 0 Å². The van der Waals surface area contributed by atoms with Gasteiger partial charge in [0.15, 0.2) is 0 Å². The third-order valence-corrected chi connectivity index (χ3v) is 2.51. The van der Waals surface area contributed by atoms with Crippen LogP contribution in [0.1, 0.15) is 16.8 Å². The van der Waals surface area contributed by atoms with Gasteiger partial charge in [-0.25, -0.2) is 0 Å². The van der Waals surface area contributed by atoms with Crippen molar-refractivity contribution in [3.63, 3.8) is 0 Å². The lowest BCUT2D eigenvalue weighted by molar-refractivity contribution is 0.0950. The average molecular weight is 211 g/mol. The molecule has 2 rings (SSSR count). The number of rotatable bonds is 2. The van der Waals surface area contributed by atoms with Gasteiger partial charge in [-0.2, -0.15) is 0 Å². The first-order chi connectivity index (χ1) is 6.66. The zero-order chi connectivity index (χ0) is 10.1. The minimum atomic E-state index is -0.0837. The Labute approximate surface area is 87.2 Å². The molecule has 1 aromatic rings. The van der Waals surface area contributed by atoms with Gasteiger partial charge < -0.3 is 11.1 Å². The standard InChI is InChI=1S/C10H11ClN2O/c11-7-3-1-6(2-4-7)10(14)13-9-5-8(9)12/h1-4,8-9H,5,12H2,(H,13,14). The average Bonchev–Trinajstić information content (AvgIpc) is 2.82. The van der Waals surface area contributed by atoms with Crippen molar-refractivity contribution in [2.24, 2.45) is 5.73 Å². The predicted molar refractivity (Wildman–Crippen MR) is 55.3 cm³/mol. The van der Waals surface area contributed by atoms with Crippen LogP contribution >= 0.6 is 11.6 Å². The Kier molecular flexibility index (Phi) is 2.44. The van der Waals surface area contributed by atoms with Crippen molar-refractivity contribution >= 4 is 17.5 Å². The van der Waals surface area contributed by atoms with Crippen LogP contribution in [0.15, 0.2) is 24.3 Å². The van der Waals surface area contributed by atoms with Crippen LogP contribution in [0.25, 0.3) is 0 Å². The molecule has 0 spiro atoms. The summed E-state index contributed by atoms with van der Waals surface area (Å²) in [4.78, 5) is 11.5. The number of nitrogens with one attached hydrogen (secondary N) is 1. The molecule has 2 unspecified atom stereocenters. The van der Waals surface area contributed by atoms with Gasteiger partial charge in [0.05, 0.1) is 0 Å². The van der Waals surface area contributed by atoms with Crippen molar-refractivity contribution in [3.8, 4) is 0 Å². The SMILES string of the molecule is NC1CC1NC(=O)c1ccc(Cl)cc1. The number of amides is 1. The zero-order valence-electron chi connectivity index (χ0n) is 7.53. The first kappa shape index (κ1) is 9.49.